The van der Waals surface area contributed by atoms with Gasteiger partial charge < -0.3 is 0 Å². The minimum atomic E-state index is -4.22. The molecule has 0 saturated heterocycles. The van der Waals surface area contributed by atoms with E-state index in [1.54, 1.807) is 12.1 Å². The molecule has 0 heterocycles. The summed E-state index contributed by atoms with van der Waals surface area (Å²) in [5, 5.41) is 11.1. The fourth-order valence-corrected chi connectivity index (χ4v) is 5.04. The highest BCUT2D eigenvalue weighted by molar-refractivity contribution is 7.93. The first-order valence-corrected chi connectivity index (χ1v) is 12.7. The lowest BCUT2D eigenvalue weighted by Gasteiger charge is -2.26. The molecule has 0 saturated carbocycles. The van der Waals surface area contributed by atoms with Gasteiger partial charge in [-0.15, -0.1) is 0 Å². The molecule has 0 fully saturated rings. The largest absolute Gasteiger partial charge is 0.269 e. The number of nitrogens with zero attached hydrogens (tertiary/aromatic N) is 3. The topological polar surface area (TPSA) is 92.9 Å². The van der Waals surface area contributed by atoms with Gasteiger partial charge in [-0.25, -0.2) is 17.7 Å². The zero-order valence-electron chi connectivity index (χ0n) is 20.1. The van der Waals surface area contributed by atoms with Crippen LogP contribution in [0.4, 0.5) is 17.1 Å². The fourth-order valence-electron chi connectivity index (χ4n) is 3.57. The first-order valence-electron chi connectivity index (χ1n) is 11.2. The number of non-ortho nitro benzene ring substituents is 1. The summed E-state index contributed by atoms with van der Waals surface area (Å²) in [4.78, 5) is 15.3. The van der Waals surface area contributed by atoms with Gasteiger partial charge in [0.15, 0.2) is 5.84 Å². The third-order valence-electron chi connectivity index (χ3n) is 5.63. The summed E-state index contributed by atoms with van der Waals surface area (Å²) >= 11 is 0. The molecular weight excluding hydrogens is 474 g/mol. The van der Waals surface area contributed by atoms with Crippen LogP contribution in [0, 0.1) is 30.9 Å². The van der Waals surface area contributed by atoms with Gasteiger partial charge in [0.05, 0.1) is 21.2 Å². The number of nitro groups is 1. The Balaban J connectivity index is 1.97. The lowest BCUT2D eigenvalue weighted by Crippen LogP contribution is -2.37. The molecule has 4 rings (SSSR count). The van der Waals surface area contributed by atoms with Crippen molar-refractivity contribution in [2.45, 2.75) is 25.7 Å². The molecule has 4 aromatic carbocycles. The number of rotatable bonds is 6. The molecule has 0 amide bonds. The van der Waals surface area contributed by atoms with Crippen molar-refractivity contribution in [3.05, 3.63) is 129 Å². The van der Waals surface area contributed by atoms with E-state index < -0.39 is 14.9 Å². The van der Waals surface area contributed by atoms with E-state index in [0.29, 0.717) is 16.9 Å². The van der Waals surface area contributed by atoms with Gasteiger partial charge in [-0.1, -0.05) is 65.2 Å². The highest BCUT2D eigenvalue weighted by Crippen LogP contribution is 2.29. The van der Waals surface area contributed by atoms with Crippen molar-refractivity contribution in [3.63, 3.8) is 0 Å². The van der Waals surface area contributed by atoms with E-state index in [4.69, 9.17) is 4.99 Å². The fraction of sp³-hybridized carbons (Fsp3) is 0.107. The maximum Gasteiger partial charge on any atom is 0.269 e. The van der Waals surface area contributed by atoms with Crippen LogP contribution in [0.25, 0.3) is 0 Å². The first-order chi connectivity index (χ1) is 17.1. The number of hydrogen-bond donors (Lipinski definition) is 0. The van der Waals surface area contributed by atoms with Crippen LogP contribution < -0.4 is 4.31 Å². The van der Waals surface area contributed by atoms with Crippen molar-refractivity contribution in [1.29, 1.82) is 0 Å². The van der Waals surface area contributed by atoms with Crippen molar-refractivity contribution < 1.29 is 13.3 Å². The van der Waals surface area contributed by atoms with E-state index in [1.807, 2.05) is 81.4 Å². The molecule has 0 aliphatic carbocycles. The van der Waals surface area contributed by atoms with Crippen LogP contribution in [0.5, 0.6) is 0 Å². The van der Waals surface area contributed by atoms with E-state index in [-0.39, 0.29) is 16.4 Å². The molecule has 0 aliphatic heterocycles. The molecule has 8 heteroatoms. The molecule has 0 bridgehead atoms. The molecule has 0 aliphatic rings. The lowest BCUT2D eigenvalue weighted by atomic mass is 10.1. The zero-order chi connectivity index (χ0) is 25.9. The number of sulfonamides is 1. The molecule has 0 radical (unpaired) electrons. The Bertz CT molecular complexity index is 1510. The van der Waals surface area contributed by atoms with Crippen LogP contribution in [0.15, 0.2) is 107 Å². The number of nitro benzene ring substituents is 1. The number of anilines is 1. The second-order valence-corrected chi connectivity index (χ2v) is 10.3. The van der Waals surface area contributed by atoms with Gasteiger partial charge in [0.25, 0.3) is 15.7 Å². The number of aryl methyl sites for hydroxylation is 3. The van der Waals surface area contributed by atoms with Crippen LogP contribution in [0.3, 0.4) is 0 Å². The van der Waals surface area contributed by atoms with Gasteiger partial charge >= 0.3 is 0 Å². The highest BCUT2D eigenvalue weighted by Gasteiger charge is 2.31. The summed E-state index contributed by atoms with van der Waals surface area (Å²) in [5.74, 6) is 0.209. The second kappa shape index (κ2) is 10.1. The summed E-state index contributed by atoms with van der Waals surface area (Å²) in [5.41, 5.74) is 4.44. The molecule has 4 aromatic rings. The Morgan fingerprint density at radius 3 is 1.69 bits per heavy atom. The van der Waals surface area contributed by atoms with Crippen molar-refractivity contribution in [3.8, 4) is 0 Å². The number of benzene rings is 4. The van der Waals surface area contributed by atoms with E-state index in [9.17, 15) is 18.5 Å². The van der Waals surface area contributed by atoms with Crippen LogP contribution in [0.2, 0.25) is 0 Å². The molecule has 36 heavy (non-hydrogen) atoms. The van der Waals surface area contributed by atoms with E-state index >= 15 is 0 Å². The van der Waals surface area contributed by atoms with E-state index in [2.05, 4.69) is 0 Å². The number of aliphatic imine (C=N–C) groups is 1. The second-order valence-electron chi connectivity index (χ2n) is 8.49. The predicted octanol–water partition coefficient (Wildman–Crippen LogP) is 6.49. The normalized spacial score (nSPS) is 11.8. The van der Waals surface area contributed by atoms with Gasteiger partial charge in [0, 0.05) is 17.7 Å². The lowest BCUT2D eigenvalue weighted by molar-refractivity contribution is -0.384. The molecule has 0 atom stereocenters. The Labute approximate surface area is 210 Å². The average molecular weight is 500 g/mol. The third-order valence-corrected chi connectivity index (χ3v) is 7.36. The van der Waals surface area contributed by atoms with Crippen molar-refractivity contribution in [2.24, 2.45) is 4.99 Å². The van der Waals surface area contributed by atoms with E-state index in [1.165, 1.54) is 28.6 Å². The van der Waals surface area contributed by atoms with Gasteiger partial charge in [-0.3, -0.25) is 10.1 Å². The predicted molar refractivity (Wildman–Crippen MR) is 142 cm³/mol. The minimum absolute atomic E-state index is 0.0857. The highest BCUT2D eigenvalue weighted by atomic mass is 32.2. The first kappa shape index (κ1) is 24.8. The molecule has 0 aromatic heterocycles. The summed E-state index contributed by atoms with van der Waals surface area (Å²) < 4.78 is 29.4. The summed E-state index contributed by atoms with van der Waals surface area (Å²) in [6.07, 6.45) is 0. The molecule has 0 unspecified atom stereocenters. The minimum Gasteiger partial charge on any atom is -0.258 e. The average Bonchev–Trinajstić information content (AvgIpc) is 2.86. The molecule has 182 valence electrons. The Morgan fingerprint density at radius 2 is 1.19 bits per heavy atom. The van der Waals surface area contributed by atoms with Crippen molar-refractivity contribution in [1.82, 2.24) is 0 Å². The quantitative estimate of drug-likeness (QED) is 0.131. The maximum absolute atomic E-state index is 14.1. The van der Waals surface area contributed by atoms with Crippen LogP contribution in [-0.4, -0.2) is 19.2 Å². The third kappa shape index (κ3) is 5.34. The van der Waals surface area contributed by atoms with Crippen LogP contribution >= 0.6 is 0 Å². The molecule has 0 N–H and O–H groups in total. The van der Waals surface area contributed by atoms with E-state index in [0.717, 1.165) is 16.7 Å². The summed E-state index contributed by atoms with van der Waals surface area (Å²) in [7, 11) is -4.22. The zero-order valence-corrected chi connectivity index (χ0v) is 20.9. The van der Waals surface area contributed by atoms with Crippen molar-refractivity contribution in [2.75, 3.05) is 4.31 Å². The smallest absolute Gasteiger partial charge is 0.258 e. The summed E-state index contributed by atoms with van der Waals surface area (Å²) in [6, 6.07) is 26.9. The maximum atomic E-state index is 14.1. The summed E-state index contributed by atoms with van der Waals surface area (Å²) in [6.45, 7) is 5.83. The van der Waals surface area contributed by atoms with Crippen LogP contribution in [-0.2, 0) is 10.0 Å². The van der Waals surface area contributed by atoms with Gasteiger partial charge in [-0.2, -0.15) is 0 Å². The van der Waals surface area contributed by atoms with Crippen LogP contribution in [0.1, 0.15) is 22.3 Å². The van der Waals surface area contributed by atoms with Gasteiger partial charge in [0.2, 0.25) is 0 Å². The molecule has 0 spiro atoms. The Morgan fingerprint density at radius 1 is 0.722 bits per heavy atom. The SMILES string of the molecule is Cc1ccc(N=C(c2ccc(C)cc2)N(c2ccc(C)cc2)S(=O)(=O)c2ccc([N+](=O)[O-])cc2)cc1. The number of amidine groups is 1. The Hall–Kier alpha value is -4.30. The Kier molecular flexibility index (Phi) is 6.98. The molecular formula is C28H25N3O4S. The monoisotopic (exact) mass is 499 g/mol. The van der Waals surface area contributed by atoms with Gasteiger partial charge in [0.1, 0.15) is 0 Å². The standard InChI is InChI=1S/C28H25N3O4S/c1-20-4-10-23(11-5-20)28(29-24-12-6-21(2)7-13-24)30(25-14-8-22(3)9-15-25)36(34,35)27-18-16-26(17-19-27)31(32)33/h4-19H,1-3H3. The number of hydrogen-bond acceptors (Lipinski definition) is 5. The van der Waals surface area contributed by atoms with Gasteiger partial charge in [-0.05, 0) is 57.2 Å². The van der Waals surface area contributed by atoms with Crippen molar-refractivity contribution >= 4 is 32.9 Å². The molecule has 7 nitrogen and oxygen atoms in total.